The zero-order valence-electron chi connectivity index (χ0n) is 7.20. The highest BCUT2D eigenvalue weighted by Gasteiger charge is 2.36. The SMILES string of the molecule is CC1CC1c1ncc(CN)cn1. The van der Waals surface area contributed by atoms with Gasteiger partial charge in [0.1, 0.15) is 5.82 Å². The van der Waals surface area contributed by atoms with Crippen LogP contribution in [0.2, 0.25) is 0 Å². The van der Waals surface area contributed by atoms with Gasteiger partial charge in [-0.1, -0.05) is 6.92 Å². The van der Waals surface area contributed by atoms with Crippen molar-refractivity contribution in [2.75, 3.05) is 0 Å². The third kappa shape index (κ3) is 1.32. The molecule has 0 aromatic carbocycles. The highest BCUT2D eigenvalue weighted by molar-refractivity contribution is 5.12. The molecule has 0 bridgehead atoms. The van der Waals surface area contributed by atoms with Crippen molar-refractivity contribution in [2.45, 2.75) is 25.8 Å². The first-order chi connectivity index (χ1) is 5.81. The Bertz CT molecular complexity index is 268. The maximum absolute atomic E-state index is 5.44. The number of nitrogens with two attached hydrogens (primary N) is 1. The van der Waals surface area contributed by atoms with E-state index in [-0.39, 0.29) is 0 Å². The minimum absolute atomic E-state index is 0.528. The number of hydrogen-bond donors (Lipinski definition) is 1. The fraction of sp³-hybridized carbons (Fsp3) is 0.556. The topological polar surface area (TPSA) is 51.8 Å². The second-order valence-corrected chi connectivity index (χ2v) is 3.47. The Morgan fingerprint density at radius 2 is 2.08 bits per heavy atom. The first kappa shape index (κ1) is 7.68. The summed E-state index contributed by atoms with van der Waals surface area (Å²) in [6, 6.07) is 0. The van der Waals surface area contributed by atoms with Gasteiger partial charge in [0, 0.05) is 30.4 Å². The average molecular weight is 163 g/mol. The van der Waals surface area contributed by atoms with Crippen molar-refractivity contribution in [2.24, 2.45) is 11.7 Å². The van der Waals surface area contributed by atoms with Gasteiger partial charge in [-0.2, -0.15) is 0 Å². The molecular weight excluding hydrogens is 150 g/mol. The highest BCUT2D eigenvalue weighted by Crippen LogP contribution is 2.44. The van der Waals surface area contributed by atoms with E-state index >= 15 is 0 Å². The fourth-order valence-corrected chi connectivity index (χ4v) is 1.34. The number of aromatic nitrogens is 2. The van der Waals surface area contributed by atoms with Crippen molar-refractivity contribution in [3.63, 3.8) is 0 Å². The van der Waals surface area contributed by atoms with E-state index in [0.717, 1.165) is 17.3 Å². The maximum atomic E-state index is 5.44. The quantitative estimate of drug-likeness (QED) is 0.709. The molecule has 1 fully saturated rings. The van der Waals surface area contributed by atoms with Crippen molar-refractivity contribution in [1.29, 1.82) is 0 Å². The Morgan fingerprint density at radius 3 is 2.50 bits per heavy atom. The summed E-state index contributed by atoms with van der Waals surface area (Å²) < 4.78 is 0. The van der Waals surface area contributed by atoms with Crippen LogP contribution < -0.4 is 5.73 Å². The predicted octanol–water partition coefficient (Wildman–Crippen LogP) is 1.06. The van der Waals surface area contributed by atoms with Crippen molar-refractivity contribution in [3.05, 3.63) is 23.8 Å². The molecule has 64 valence electrons. The molecule has 3 nitrogen and oxygen atoms in total. The van der Waals surface area contributed by atoms with Crippen molar-refractivity contribution in [3.8, 4) is 0 Å². The summed E-state index contributed by atoms with van der Waals surface area (Å²) in [4.78, 5) is 8.54. The molecule has 0 amide bonds. The van der Waals surface area contributed by atoms with E-state index in [1.807, 2.05) is 12.4 Å². The molecule has 1 aromatic heterocycles. The van der Waals surface area contributed by atoms with Gasteiger partial charge in [-0.15, -0.1) is 0 Å². The van der Waals surface area contributed by atoms with E-state index in [9.17, 15) is 0 Å². The first-order valence-corrected chi connectivity index (χ1v) is 4.32. The Balaban J connectivity index is 2.14. The second-order valence-electron chi connectivity index (χ2n) is 3.47. The van der Waals surface area contributed by atoms with Crippen LogP contribution in [-0.4, -0.2) is 9.97 Å². The molecule has 2 atom stereocenters. The fourth-order valence-electron chi connectivity index (χ4n) is 1.34. The molecular formula is C9H13N3. The zero-order chi connectivity index (χ0) is 8.55. The summed E-state index contributed by atoms with van der Waals surface area (Å²) in [6.07, 6.45) is 4.89. The smallest absolute Gasteiger partial charge is 0.131 e. The van der Waals surface area contributed by atoms with Crippen molar-refractivity contribution < 1.29 is 0 Å². The normalized spacial score (nSPS) is 27.2. The van der Waals surface area contributed by atoms with Crippen LogP contribution in [0.5, 0.6) is 0 Å². The second kappa shape index (κ2) is 2.83. The van der Waals surface area contributed by atoms with E-state index < -0.39 is 0 Å². The van der Waals surface area contributed by atoms with E-state index in [1.54, 1.807) is 0 Å². The predicted molar refractivity (Wildman–Crippen MR) is 46.4 cm³/mol. The lowest BCUT2D eigenvalue weighted by atomic mass is 10.3. The molecule has 1 aliphatic carbocycles. The summed E-state index contributed by atoms with van der Waals surface area (Å²) in [5.41, 5.74) is 6.45. The summed E-state index contributed by atoms with van der Waals surface area (Å²) in [5.74, 6) is 2.37. The molecule has 1 aromatic rings. The van der Waals surface area contributed by atoms with Gasteiger partial charge in [0.15, 0.2) is 0 Å². The lowest BCUT2D eigenvalue weighted by Crippen LogP contribution is -2.00. The molecule has 2 unspecified atom stereocenters. The van der Waals surface area contributed by atoms with Crippen LogP contribution in [0.1, 0.15) is 30.7 Å². The van der Waals surface area contributed by atoms with Crippen molar-refractivity contribution >= 4 is 0 Å². The van der Waals surface area contributed by atoms with Crippen LogP contribution in [0.15, 0.2) is 12.4 Å². The molecule has 2 rings (SSSR count). The molecule has 1 saturated carbocycles. The number of rotatable bonds is 2. The summed E-state index contributed by atoms with van der Waals surface area (Å²) in [6.45, 7) is 2.76. The third-order valence-electron chi connectivity index (χ3n) is 2.40. The lowest BCUT2D eigenvalue weighted by molar-refractivity contribution is 0.831. The summed E-state index contributed by atoms with van der Waals surface area (Å²) in [7, 11) is 0. The third-order valence-corrected chi connectivity index (χ3v) is 2.40. The van der Waals surface area contributed by atoms with Crippen LogP contribution in [-0.2, 0) is 6.54 Å². The minimum Gasteiger partial charge on any atom is -0.326 e. The van der Waals surface area contributed by atoms with Crippen molar-refractivity contribution in [1.82, 2.24) is 9.97 Å². The van der Waals surface area contributed by atoms with Gasteiger partial charge in [-0.05, 0) is 12.3 Å². The van der Waals surface area contributed by atoms with Gasteiger partial charge in [0.25, 0.3) is 0 Å². The van der Waals surface area contributed by atoms with Gasteiger partial charge in [-0.3, -0.25) is 0 Å². The number of nitrogens with zero attached hydrogens (tertiary/aromatic N) is 2. The number of hydrogen-bond acceptors (Lipinski definition) is 3. The zero-order valence-corrected chi connectivity index (χ0v) is 7.20. The highest BCUT2D eigenvalue weighted by atomic mass is 14.9. The van der Waals surface area contributed by atoms with Gasteiger partial charge < -0.3 is 5.73 Å². The van der Waals surface area contributed by atoms with Crippen LogP contribution in [0, 0.1) is 5.92 Å². The molecule has 12 heavy (non-hydrogen) atoms. The van der Waals surface area contributed by atoms with Crippen LogP contribution >= 0.6 is 0 Å². The van der Waals surface area contributed by atoms with Crippen LogP contribution in [0.4, 0.5) is 0 Å². The van der Waals surface area contributed by atoms with E-state index in [4.69, 9.17) is 5.73 Å². The standard InChI is InChI=1S/C9H13N3/c1-6-2-8(6)9-11-4-7(3-10)5-12-9/h4-6,8H,2-3,10H2,1H3. The Hall–Kier alpha value is -0.960. The van der Waals surface area contributed by atoms with Crippen LogP contribution in [0.25, 0.3) is 0 Å². The molecule has 0 saturated heterocycles. The molecule has 1 aliphatic rings. The Kier molecular flexibility index (Phi) is 1.81. The maximum Gasteiger partial charge on any atom is 0.131 e. The van der Waals surface area contributed by atoms with Gasteiger partial charge in [-0.25, -0.2) is 9.97 Å². The van der Waals surface area contributed by atoms with E-state index in [0.29, 0.717) is 12.5 Å². The van der Waals surface area contributed by atoms with E-state index in [2.05, 4.69) is 16.9 Å². The average Bonchev–Trinajstić information content (AvgIpc) is 2.83. The lowest BCUT2D eigenvalue weighted by Gasteiger charge is -1.97. The molecule has 0 aliphatic heterocycles. The van der Waals surface area contributed by atoms with Gasteiger partial charge in [0.05, 0.1) is 0 Å². The van der Waals surface area contributed by atoms with Gasteiger partial charge >= 0.3 is 0 Å². The largest absolute Gasteiger partial charge is 0.326 e. The molecule has 3 heteroatoms. The minimum atomic E-state index is 0.528. The molecule has 1 heterocycles. The van der Waals surface area contributed by atoms with Gasteiger partial charge in [0.2, 0.25) is 0 Å². The molecule has 0 spiro atoms. The summed E-state index contributed by atoms with van der Waals surface area (Å²) in [5, 5.41) is 0. The summed E-state index contributed by atoms with van der Waals surface area (Å²) >= 11 is 0. The van der Waals surface area contributed by atoms with E-state index in [1.165, 1.54) is 6.42 Å². The molecule has 0 radical (unpaired) electrons. The monoisotopic (exact) mass is 163 g/mol. The van der Waals surface area contributed by atoms with Crippen LogP contribution in [0.3, 0.4) is 0 Å². The Morgan fingerprint density at radius 1 is 1.50 bits per heavy atom. The first-order valence-electron chi connectivity index (χ1n) is 4.32. The Labute approximate surface area is 72.0 Å². The molecule has 2 N–H and O–H groups in total.